The highest BCUT2D eigenvalue weighted by atomic mass is 16.4. The number of carboxylic acids is 1. The quantitative estimate of drug-likeness (QED) is 0.684. The third kappa shape index (κ3) is 6.40. The first-order chi connectivity index (χ1) is 8.72. The molecule has 1 N–H and O–H groups in total. The van der Waals surface area contributed by atoms with Crippen molar-refractivity contribution in [3.8, 4) is 0 Å². The number of carbonyl (C=O) groups is 1. The third-order valence-corrected chi connectivity index (χ3v) is 3.12. The van der Waals surface area contributed by atoms with Crippen molar-refractivity contribution in [2.75, 3.05) is 19.6 Å². The largest absolute Gasteiger partial charge is 0.481 e. The molecule has 0 unspecified atom stereocenters. The van der Waals surface area contributed by atoms with Crippen LogP contribution in [0.5, 0.6) is 0 Å². The predicted molar refractivity (Wildman–Crippen MR) is 73.7 cm³/mol. The van der Waals surface area contributed by atoms with Gasteiger partial charge in [0, 0.05) is 13.0 Å². The van der Waals surface area contributed by atoms with Gasteiger partial charge in [0.05, 0.1) is 0 Å². The highest BCUT2D eigenvalue weighted by molar-refractivity contribution is 5.66. The monoisotopic (exact) mass is 249 g/mol. The van der Waals surface area contributed by atoms with E-state index in [1.165, 1.54) is 5.56 Å². The van der Waals surface area contributed by atoms with Gasteiger partial charge in [0.2, 0.25) is 0 Å². The summed E-state index contributed by atoms with van der Waals surface area (Å²) in [5, 5.41) is 8.57. The number of benzene rings is 1. The van der Waals surface area contributed by atoms with Gasteiger partial charge >= 0.3 is 5.97 Å². The van der Waals surface area contributed by atoms with E-state index in [0.717, 1.165) is 38.9 Å². The zero-order valence-corrected chi connectivity index (χ0v) is 11.1. The lowest BCUT2D eigenvalue weighted by Crippen LogP contribution is -2.27. The molecule has 0 heterocycles. The van der Waals surface area contributed by atoms with Gasteiger partial charge in [0.15, 0.2) is 0 Å². The molecule has 1 rings (SSSR count). The maximum atomic E-state index is 10.4. The predicted octanol–water partition coefficient (Wildman–Crippen LogP) is 2.81. The Morgan fingerprint density at radius 1 is 1.17 bits per heavy atom. The average Bonchev–Trinajstić information content (AvgIpc) is 2.39. The summed E-state index contributed by atoms with van der Waals surface area (Å²) in [6, 6.07) is 10.5. The Bertz CT molecular complexity index is 338. The SMILES string of the molecule is CCN(CCCCC(=O)O)CCc1ccccc1. The van der Waals surface area contributed by atoms with E-state index in [-0.39, 0.29) is 6.42 Å². The molecule has 1 aromatic rings. The molecule has 0 atom stereocenters. The molecule has 0 aliphatic heterocycles. The van der Waals surface area contributed by atoms with Gasteiger partial charge in [-0.3, -0.25) is 4.79 Å². The fourth-order valence-electron chi connectivity index (χ4n) is 1.97. The number of hydrogen-bond donors (Lipinski definition) is 1. The van der Waals surface area contributed by atoms with Gasteiger partial charge in [0.1, 0.15) is 0 Å². The summed E-state index contributed by atoms with van der Waals surface area (Å²) in [7, 11) is 0. The van der Waals surface area contributed by atoms with Crippen LogP contribution in [0.2, 0.25) is 0 Å². The molecule has 0 amide bonds. The smallest absolute Gasteiger partial charge is 0.303 e. The van der Waals surface area contributed by atoms with Crippen molar-refractivity contribution in [2.45, 2.75) is 32.6 Å². The van der Waals surface area contributed by atoms with Crippen molar-refractivity contribution in [3.05, 3.63) is 35.9 Å². The molecule has 3 nitrogen and oxygen atoms in total. The molecule has 0 saturated heterocycles. The van der Waals surface area contributed by atoms with Gasteiger partial charge in [-0.2, -0.15) is 0 Å². The van der Waals surface area contributed by atoms with E-state index < -0.39 is 5.97 Å². The molecule has 1 aromatic carbocycles. The summed E-state index contributed by atoms with van der Waals surface area (Å²) in [5.41, 5.74) is 1.36. The van der Waals surface area contributed by atoms with Crippen LogP contribution in [0.25, 0.3) is 0 Å². The first kappa shape index (κ1) is 14.7. The number of likely N-dealkylation sites (N-methyl/N-ethyl adjacent to an activating group) is 1. The van der Waals surface area contributed by atoms with Crippen LogP contribution >= 0.6 is 0 Å². The first-order valence-electron chi connectivity index (χ1n) is 6.70. The summed E-state index contributed by atoms with van der Waals surface area (Å²) in [4.78, 5) is 12.8. The van der Waals surface area contributed by atoms with Gasteiger partial charge in [-0.1, -0.05) is 37.3 Å². The van der Waals surface area contributed by atoms with Gasteiger partial charge in [-0.05, 0) is 37.9 Å². The van der Waals surface area contributed by atoms with E-state index in [1.807, 2.05) is 6.07 Å². The van der Waals surface area contributed by atoms with Crippen molar-refractivity contribution >= 4 is 5.97 Å². The van der Waals surface area contributed by atoms with E-state index >= 15 is 0 Å². The minimum atomic E-state index is -0.692. The molecule has 18 heavy (non-hydrogen) atoms. The van der Waals surface area contributed by atoms with Crippen molar-refractivity contribution in [1.29, 1.82) is 0 Å². The molecule has 0 spiro atoms. The Hall–Kier alpha value is -1.35. The molecule has 100 valence electrons. The zero-order chi connectivity index (χ0) is 13.2. The molecular weight excluding hydrogens is 226 g/mol. The second-order valence-corrected chi connectivity index (χ2v) is 4.52. The van der Waals surface area contributed by atoms with Crippen LogP contribution in [-0.4, -0.2) is 35.6 Å². The maximum Gasteiger partial charge on any atom is 0.303 e. The first-order valence-corrected chi connectivity index (χ1v) is 6.70. The molecule has 0 fully saturated rings. The van der Waals surface area contributed by atoms with E-state index in [1.54, 1.807) is 0 Å². The lowest BCUT2D eigenvalue weighted by atomic mass is 10.1. The minimum absolute atomic E-state index is 0.288. The molecule has 0 aromatic heterocycles. The van der Waals surface area contributed by atoms with Crippen molar-refractivity contribution in [2.24, 2.45) is 0 Å². The van der Waals surface area contributed by atoms with Gasteiger partial charge in [-0.25, -0.2) is 0 Å². The van der Waals surface area contributed by atoms with Crippen LogP contribution in [0, 0.1) is 0 Å². The second kappa shape index (κ2) is 8.70. The Balaban J connectivity index is 2.19. The Kier molecular flexibility index (Phi) is 7.11. The average molecular weight is 249 g/mol. The van der Waals surface area contributed by atoms with Crippen molar-refractivity contribution in [3.63, 3.8) is 0 Å². The number of hydrogen-bond acceptors (Lipinski definition) is 2. The molecule has 0 aliphatic rings. The number of rotatable bonds is 9. The second-order valence-electron chi connectivity index (χ2n) is 4.52. The fraction of sp³-hybridized carbons (Fsp3) is 0.533. The number of unbranched alkanes of at least 4 members (excludes halogenated alkanes) is 1. The van der Waals surface area contributed by atoms with E-state index in [4.69, 9.17) is 5.11 Å². The topological polar surface area (TPSA) is 40.5 Å². The Labute approximate surface area is 109 Å². The van der Waals surface area contributed by atoms with Crippen LogP contribution in [-0.2, 0) is 11.2 Å². The summed E-state index contributed by atoms with van der Waals surface area (Å²) in [6.07, 6.45) is 3.09. The van der Waals surface area contributed by atoms with Crippen molar-refractivity contribution in [1.82, 2.24) is 4.90 Å². The summed E-state index contributed by atoms with van der Waals surface area (Å²) in [5.74, 6) is -0.692. The number of nitrogens with zero attached hydrogens (tertiary/aromatic N) is 1. The molecule has 0 aliphatic carbocycles. The fourth-order valence-corrected chi connectivity index (χ4v) is 1.97. The molecule has 0 saturated carbocycles. The van der Waals surface area contributed by atoms with Crippen LogP contribution in [0.1, 0.15) is 31.7 Å². The van der Waals surface area contributed by atoms with Crippen molar-refractivity contribution < 1.29 is 9.90 Å². The Morgan fingerprint density at radius 2 is 1.89 bits per heavy atom. The molecule has 0 radical (unpaired) electrons. The van der Waals surface area contributed by atoms with E-state index in [9.17, 15) is 4.79 Å². The summed E-state index contributed by atoms with van der Waals surface area (Å²) >= 11 is 0. The van der Waals surface area contributed by atoms with Crippen LogP contribution in [0.15, 0.2) is 30.3 Å². The standard InChI is InChI=1S/C15H23NO2/c1-2-16(12-7-6-10-15(17)18)13-11-14-8-4-3-5-9-14/h3-5,8-9H,2,6-7,10-13H2,1H3,(H,17,18). The third-order valence-electron chi connectivity index (χ3n) is 3.12. The highest BCUT2D eigenvalue weighted by Gasteiger charge is 2.03. The molecular formula is C15H23NO2. The van der Waals surface area contributed by atoms with Gasteiger partial charge in [-0.15, -0.1) is 0 Å². The summed E-state index contributed by atoms with van der Waals surface area (Å²) in [6.45, 7) is 5.23. The number of carboxylic acid groups (broad SMARTS) is 1. The van der Waals surface area contributed by atoms with Crippen LogP contribution in [0.4, 0.5) is 0 Å². The lowest BCUT2D eigenvalue weighted by molar-refractivity contribution is -0.137. The van der Waals surface area contributed by atoms with E-state index in [0.29, 0.717) is 0 Å². The molecule has 3 heteroatoms. The lowest BCUT2D eigenvalue weighted by Gasteiger charge is -2.20. The number of aliphatic carboxylic acids is 1. The van der Waals surface area contributed by atoms with Gasteiger partial charge in [0.25, 0.3) is 0 Å². The zero-order valence-electron chi connectivity index (χ0n) is 11.1. The Morgan fingerprint density at radius 3 is 2.50 bits per heavy atom. The normalized spacial score (nSPS) is 10.8. The summed E-state index contributed by atoms with van der Waals surface area (Å²) < 4.78 is 0. The minimum Gasteiger partial charge on any atom is -0.481 e. The highest BCUT2D eigenvalue weighted by Crippen LogP contribution is 2.03. The maximum absolute atomic E-state index is 10.4. The van der Waals surface area contributed by atoms with Crippen LogP contribution in [0.3, 0.4) is 0 Å². The van der Waals surface area contributed by atoms with Gasteiger partial charge < -0.3 is 10.0 Å². The molecule has 0 bridgehead atoms. The van der Waals surface area contributed by atoms with E-state index in [2.05, 4.69) is 36.1 Å². The van der Waals surface area contributed by atoms with Crippen LogP contribution < -0.4 is 0 Å².